The summed E-state index contributed by atoms with van der Waals surface area (Å²) in [5, 5.41) is 8.92. The molecule has 2 N–H and O–H groups in total. The first kappa shape index (κ1) is 16.5. The molecule has 0 fully saturated rings. The van der Waals surface area contributed by atoms with Crippen LogP contribution in [0, 0.1) is 0 Å². The largest absolute Gasteiger partial charge is 0.478 e. The van der Waals surface area contributed by atoms with Gasteiger partial charge in [0.05, 0.1) is 10.6 Å². The van der Waals surface area contributed by atoms with Crippen molar-refractivity contribution in [3.05, 3.63) is 52.8 Å². The van der Waals surface area contributed by atoms with E-state index in [4.69, 9.17) is 16.7 Å². The zero-order chi connectivity index (χ0) is 16.3. The molecule has 0 aliphatic heterocycles. The monoisotopic (exact) mass is 342 g/mol. The molecule has 0 saturated heterocycles. The molecule has 118 valence electrons. The lowest BCUT2D eigenvalue weighted by atomic mass is 10.2. The lowest BCUT2D eigenvalue weighted by Crippen LogP contribution is -2.26. The lowest BCUT2D eigenvalue weighted by Gasteiger charge is -2.09. The fourth-order valence-electron chi connectivity index (χ4n) is 1.96. The summed E-state index contributed by atoms with van der Waals surface area (Å²) in [6, 6.07) is 5.46. The Morgan fingerprint density at radius 3 is 2.68 bits per heavy atom. The third-order valence-electron chi connectivity index (χ3n) is 3.07. The summed E-state index contributed by atoms with van der Waals surface area (Å²) < 4.78 is 28.8. The van der Waals surface area contributed by atoms with Crippen molar-refractivity contribution in [2.24, 2.45) is 7.05 Å². The number of aromatic nitrogens is 1. The molecule has 8 heteroatoms. The zero-order valence-corrected chi connectivity index (χ0v) is 13.4. The van der Waals surface area contributed by atoms with Crippen molar-refractivity contribution in [1.82, 2.24) is 9.29 Å². The van der Waals surface area contributed by atoms with Gasteiger partial charge in [-0.1, -0.05) is 11.6 Å². The van der Waals surface area contributed by atoms with E-state index < -0.39 is 16.0 Å². The normalized spacial score (nSPS) is 11.5. The van der Waals surface area contributed by atoms with Gasteiger partial charge in [0.15, 0.2) is 0 Å². The van der Waals surface area contributed by atoms with E-state index in [0.29, 0.717) is 6.42 Å². The van der Waals surface area contributed by atoms with Gasteiger partial charge in [0, 0.05) is 26.0 Å². The summed E-state index contributed by atoms with van der Waals surface area (Å²) in [6.45, 7) is 0.194. The minimum Gasteiger partial charge on any atom is -0.478 e. The molecule has 1 aromatic heterocycles. The number of nitrogens with one attached hydrogen (secondary N) is 1. The number of carboxylic acids is 1. The molecule has 1 aromatic carbocycles. The van der Waals surface area contributed by atoms with Crippen LogP contribution in [-0.4, -0.2) is 30.6 Å². The quantitative estimate of drug-likeness (QED) is 0.839. The maximum atomic E-state index is 12.2. The van der Waals surface area contributed by atoms with Gasteiger partial charge < -0.3 is 9.67 Å². The average Bonchev–Trinajstić information content (AvgIpc) is 2.84. The summed E-state index contributed by atoms with van der Waals surface area (Å²) in [4.78, 5) is 10.7. The van der Waals surface area contributed by atoms with E-state index in [0.717, 1.165) is 11.6 Å². The molecule has 0 bridgehead atoms. The number of carboxylic acid groups (broad SMARTS) is 1. The van der Waals surface area contributed by atoms with Gasteiger partial charge in [-0.25, -0.2) is 17.9 Å². The van der Waals surface area contributed by atoms with Gasteiger partial charge in [0.1, 0.15) is 4.90 Å². The van der Waals surface area contributed by atoms with Gasteiger partial charge in [0.2, 0.25) is 10.0 Å². The summed E-state index contributed by atoms with van der Waals surface area (Å²) in [5.41, 5.74) is 0.864. The first-order chi connectivity index (χ1) is 10.3. The predicted molar refractivity (Wildman–Crippen MR) is 82.7 cm³/mol. The maximum absolute atomic E-state index is 12.2. The summed E-state index contributed by atoms with van der Waals surface area (Å²) >= 11 is 5.87. The Balaban J connectivity index is 2.12. The molecule has 0 unspecified atom stereocenters. The summed E-state index contributed by atoms with van der Waals surface area (Å²) in [6.07, 6.45) is 4.29. The highest BCUT2D eigenvalue weighted by Gasteiger charge is 2.19. The van der Waals surface area contributed by atoms with Gasteiger partial charge in [-0.3, -0.25) is 0 Å². The topological polar surface area (TPSA) is 88.4 Å². The Labute approximate surface area is 133 Å². The second kappa shape index (κ2) is 6.51. The number of hydrogen-bond donors (Lipinski definition) is 2. The number of sulfonamides is 1. The number of carbonyl (C=O) groups is 1. The second-order valence-electron chi connectivity index (χ2n) is 4.78. The molecule has 0 aliphatic rings. The highest BCUT2D eigenvalue weighted by molar-refractivity contribution is 7.89. The van der Waals surface area contributed by atoms with Crippen molar-refractivity contribution < 1.29 is 18.3 Å². The van der Waals surface area contributed by atoms with Crippen molar-refractivity contribution in [2.75, 3.05) is 6.54 Å². The van der Waals surface area contributed by atoms with Gasteiger partial charge >= 0.3 is 5.97 Å². The number of aryl methyl sites for hydroxylation is 1. The molecule has 0 aliphatic carbocycles. The molecule has 6 nitrogen and oxygen atoms in total. The average molecular weight is 343 g/mol. The highest BCUT2D eigenvalue weighted by Crippen LogP contribution is 2.22. The fraction of sp³-hybridized carbons (Fsp3) is 0.214. The van der Waals surface area contributed by atoms with Gasteiger partial charge in [-0.05, 0) is 36.2 Å². The molecule has 0 spiro atoms. The van der Waals surface area contributed by atoms with Crippen LogP contribution in [0.4, 0.5) is 0 Å². The van der Waals surface area contributed by atoms with Crippen LogP contribution in [0.3, 0.4) is 0 Å². The zero-order valence-electron chi connectivity index (χ0n) is 11.8. The summed E-state index contributed by atoms with van der Waals surface area (Å²) in [7, 11) is -1.98. The van der Waals surface area contributed by atoms with Crippen LogP contribution in [0.5, 0.6) is 0 Å². The molecule has 2 rings (SSSR count). The van der Waals surface area contributed by atoms with Gasteiger partial charge in [0.25, 0.3) is 0 Å². The standard InChI is InChI=1S/C14H15ClN2O4S/c1-17-7-5-10(9-17)4-6-16-22(20,21)13-8-11(14(18)19)2-3-12(13)15/h2-3,5,7-9,16H,4,6H2,1H3,(H,18,19). The third-order valence-corrected chi connectivity index (χ3v) is 5.01. The van der Waals surface area contributed by atoms with E-state index >= 15 is 0 Å². The Hall–Kier alpha value is -1.83. The van der Waals surface area contributed by atoms with Crippen LogP contribution in [-0.2, 0) is 23.5 Å². The lowest BCUT2D eigenvalue weighted by molar-refractivity contribution is 0.0696. The summed E-state index contributed by atoms with van der Waals surface area (Å²) in [5.74, 6) is -1.21. The first-order valence-electron chi connectivity index (χ1n) is 6.43. The van der Waals surface area contributed by atoms with Crippen LogP contribution in [0.2, 0.25) is 5.02 Å². The molecule has 0 saturated carbocycles. The number of halogens is 1. The number of benzene rings is 1. The fourth-order valence-corrected chi connectivity index (χ4v) is 3.51. The number of nitrogens with zero attached hydrogens (tertiary/aromatic N) is 1. The molecule has 0 amide bonds. The van der Waals surface area contributed by atoms with Crippen LogP contribution in [0.1, 0.15) is 15.9 Å². The molecule has 2 aromatic rings. The first-order valence-corrected chi connectivity index (χ1v) is 8.29. The van der Waals surface area contributed by atoms with Crippen molar-refractivity contribution in [3.63, 3.8) is 0 Å². The van der Waals surface area contributed by atoms with Crippen LogP contribution in [0.25, 0.3) is 0 Å². The van der Waals surface area contributed by atoms with E-state index in [2.05, 4.69) is 4.72 Å². The highest BCUT2D eigenvalue weighted by atomic mass is 35.5. The molecular weight excluding hydrogens is 328 g/mol. The predicted octanol–water partition coefficient (Wildman–Crippen LogP) is 1.90. The number of aromatic carboxylic acids is 1. The van der Waals surface area contributed by atoms with Crippen LogP contribution < -0.4 is 4.72 Å². The smallest absolute Gasteiger partial charge is 0.335 e. The van der Waals surface area contributed by atoms with E-state index in [1.54, 1.807) is 0 Å². The van der Waals surface area contributed by atoms with E-state index in [-0.39, 0.29) is 22.0 Å². The Kier molecular flexibility index (Phi) is 4.90. The minimum atomic E-state index is -3.86. The van der Waals surface area contributed by atoms with Crippen molar-refractivity contribution in [2.45, 2.75) is 11.3 Å². The maximum Gasteiger partial charge on any atom is 0.335 e. The van der Waals surface area contributed by atoms with E-state index in [1.165, 1.54) is 12.1 Å². The Morgan fingerprint density at radius 1 is 1.36 bits per heavy atom. The van der Waals surface area contributed by atoms with Crippen molar-refractivity contribution in [1.29, 1.82) is 0 Å². The minimum absolute atomic E-state index is 0.0165. The SMILES string of the molecule is Cn1ccc(CCNS(=O)(=O)c2cc(C(=O)O)ccc2Cl)c1. The van der Waals surface area contributed by atoms with E-state index in [1.807, 2.05) is 30.1 Å². The second-order valence-corrected chi connectivity index (χ2v) is 6.93. The van der Waals surface area contributed by atoms with Crippen molar-refractivity contribution in [3.8, 4) is 0 Å². The Bertz CT molecular complexity index is 799. The number of hydrogen-bond acceptors (Lipinski definition) is 3. The van der Waals surface area contributed by atoms with Gasteiger partial charge in [-0.15, -0.1) is 0 Å². The van der Waals surface area contributed by atoms with Crippen molar-refractivity contribution >= 4 is 27.6 Å². The van der Waals surface area contributed by atoms with Crippen LogP contribution in [0.15, 0.2) is 41.6 Å². The van der Waals surface area contributed by atoms with Gasteiger partial charge in [-0.2, -0.15) is 0 Å². The molecule has 22 heavy (non-hydrogen) atoms. The molecule has 0 radical (unpaired) electrons. The molecule has 1 heterocycles. The van der Waals surface area contributed by atoms with Crippen LogP contribution >= 0.6 is 11.6 Å². The number of rotatable bonds is 6. The Morgan fingerprint density at radius 2 is 2.09 bits per heavy atom. The van der Waals surface area contributed by atoms with E-state index in [9.17, 15) is 13.2 Å². The third kappa shape index (κ3) is 3.88. The molecule has 0 atom stereocenters. The molecular formula is C14H15ClN2O4S.